The molecule has 0 saturated heterocycles. The molecule has 6 heteroatoms. The van der Waals surface area contributed by atoms with E-state index in [4.69, 9.17) is 0 Å². The number of carbonyl (C=O) groups excluding carboxylic acids is 1. The van der Waals surface area contributed by atoms with Crippen LogP contribution in [0, 0.1) is 0 Å². The van der Waals surface area contributed by atoms with Crippen molar-refractivity contribution in [3.05, 3.63) is 30.3 Å². The Balaban J connectivity index is 2.24. The molecule has 0 spiro atoms. The number of benzene rings is 1. The highest BCUT2D eigenvalue weighted by Gasteiger charge is 2.38. The normalized spacial score (nSPS) is 21.7. The van der Waals surface area contributed by atoms with E-state index in [1.54, 1.807) is 29.2 Å². The van der Waals surface area contributed by atoms with Crippen LogP contribution >= 0.6 is 0 Å². The third-order valence-electron chi connectivity index (χ3n) is 4.36. The molecule has 1 amide bonds. The molecule has 3 nitrogen and oxygen atoms in total. The molecule has 0 N–H and O–H groups in total. The molecule has 128 valence electrons. The highest BCUT2D eigenvalue weighted by Crippen LogP contribution is 2.32. The van der Waals surface area contributed by atoms with E-state index in [9.17, 15) is 18.0 Å². The highest BCUT2D eigenvalue weighted by molar-refractivity contribution is 5.94. The van der Waals surface area contributed by atoms with Gasteiger partial charge in [-0.1, -0.05) is 18.2 Å². The molecule has 1 saturated carbocycles. The largest absolute Gasteiger partial charge is 0.389 e. The van der Waals surface area contributed by atoms with E-state index in [0.29, 0.717) is 5.69 Å². The van der Waals surface area contributed by atoms with Crippen LogP contribution < -0.4 is 4.90 Å². The number of alkyl halides is 3. The zero-order valence-corrected chi connectivity index (χ0v) is 13.5. The van der Waals surface area contributed by atoms with Crippen molar-refractivity contribution in [3.8, 4) is 0 Å². The predicted molar refractivity (Wildman–Crippen MR) is 84.3 cm³/mol. The average molecular weight is 328 g/mol. The predicted octanol–water partition coefficient (Wildman–Crippen LogP) is 3.84. The molecule has 2 rings (SSSR count). The Kier molecular flexibility index (Phi) is 5.68. The average Bonchev–Trinajstić information content (AvgIpc) is 2.95. The van der Waals surface area contributed by atoms with Gasteiger partial charge in [0.15, 0.2) is 0 Å². The van der Waals surface area contributed by atoms with Crippen molar-refractivity contribution in [3.63, 3.8) is 0 Å². The Hall–Kier alpha value is -1.56. The van der Waals surface area contributed by atoms with E-state index < -0.39 is 24.9 Å². The third kappa shape index (κ3) is 4.70. The van der Waals surface area contributed by atoms with Crippen molar-refractivity contribution in [1.29, 1.82) is 0 Å². The standard InChI is InChI=1S/C17H23F3N2O/c1-21(2)14-9-6-10-15(14)22(13-7-4-3-5-8-13)16(23)11-12-17(18,19)20/h3-5,7-8,14-15H,6,9-12H2,1-2H3. The maximum absolute atomic E-state index is 12.6. The SMILES string of the molecule is CN(C)C1CCCC1N(C(=O)CCC(F)(F)F)c1ccccc1. The van der Waals surface area contributed by atoms with Crippen molar-refractivity contribution in [2.24, 2.45) is 0 Å². The Bertz CT molecular complexity index is 516. The van der Waals surface area contributed by atoms with Gasteiger partial charge in [0.2, 0.25) is 5.91 Å². The summed E-state index contributed by atoms with van der Waals surface area (Å²) in [7, 11) is 3.90. The Labute approximate surface area is 135 Å². The smallest absolute Gasteiger partial charge is 0.308 e. The van der Waals surface area contributed by atoms with Gasteiger partial charge >= 0.3 is 6.18 Å². The molecule has 0 aromatic heterocycles. The zero-order chi connectivity index (χ0) is 17.0. The molecule has 1 aromatic rings. The van der Waals surface area contributed by atoms with Crippen LogP contribution in [0.4, 0.5) is 18.9 Å². The van der Waals surface area contributed by atoms with Gasteiger partial charge in [-0.2, -0.15) is 13.2 Å². The van der Waals surface area contributed by atoms with Crippen LogP contribution in [0.5, 0.6) is 0 Å². The molecular formula is C17H23F3N2O. The number of nitrogens with zero attached hydrogens (tertiary/aromatic N) is 2. The van der Waals surface area contributed by atoms with E-state index in [-0.39, 0.29) is 12.1 Å². The molecule has 1 aromatic carbocycles. The van der Waals surface area contributed by atoms with Gasteiger partial charge in [-0.15, -0.1) is 0 Å². The molecule has 2 unspecified atom stereocenters. The summed E-state index contributed by atoms with van der Waals surface area (Å²) in [5, 5.41) is 0. The molecule has 2 atom stereocenters. The van der Waals surface area contributed by atoms with Crippen molar-refractivity contribution in [2.45, 2.75) is 50.4 Å². The van der Waals surface area contributed by atoms with Crippen molar-refractivity contribution in [2.75, 3.05) is 19.0 Å². The van der Waals surface area contributed by atoms with Crippen LogP contribution in [-0.4, -0.2) is 43.2 Å². The fourth-order valence-electron chi connectivity index (χ4n) is 3.30. The van der Waals surface area contributed by atoms with Gasteiger partial charge < -0.3 is 9.80 Å². The summed E-state index contributed by atoms with van der Waals surface area (Å²) in [4.78, 5) is 16.2. The van der Waals surface area contributed by atoms with Crippen LogP contribution in [0.15, 0.2) is 30.3 Å². The van der Waals surface area contributed by atoms with Crippen LogP contribution in [0.1, 0.15) is 32.1 Å². The van der Waals surface area contributed by atoms with E-state index in [2.05, 4.69) is 4.90 Å². The summed E-state index contributed by atoms with van der Waals surface area (Å²) in [5.41, 5.74) is 0.679. The van der Waals surface area contributed by atoms with E-state index in [1.807, 2.05) is 20.2 Å². The first kappa shape index (κ1) is 17.8. The Morgan fingerprint density at radius 1 is 1.13 bits per heavy atom. The van der Waals surface area contributed by atoms with Crippen molar-refractivity contribution in [1.82, 2.24) is 4.90 Å². The van der Waals surface area contributed by atoms with Crippen LogP contribution in [0.2, 0.25) is 0 Å². The third-order valence-corrected chi connectivity index (χ3v) is 4.36. The number of hydrogen-bond donors (Lipinski definition) is 0. The lowest BCUT2D eigenvalue weighted by Crippen LogP contribution is -2.49. The second-order valence-electron chi connectivity index (χ2n) is 6.24. The monoisotopic (exact) mass is 328 g/mol. The molecule has 0 bridgehead atoms. The topological polar surface area (TPSA) is 23.6 Å². The molecule has 0 radical (unpaired) electrons. The minimum absolute atomic E-state index is 0.0758. The molecule has 1 aliphatic rings. The lowest BCUT2D eigenvalue weighted by atomic mass is 10.1. The summed E-state index contributed by atoms with van der Waals surface area (Å²) < 4.78 is 37.5. The quantitative estimate of drug-likeness (QED) is 0.820. The van der Waals surface area contributed by atoms with Crippen LogP contribution in [0.25, 0.3) is 0 Å². The number of halogens is 3. The lowest BCUT2D eigenvalue weighted by molar-refractivity contribution is -0.143. The van der Waals surface area contributed by atoms with E-state index >= 15 is 0 Å². The molecule has 1 fully saturated rings. The van der Waals surface area contributed by atoms with E-state index in [1.165, 1.54) is 0 Å². The molecule has 0 aliphatic heterocycles. The zero-order valence-electron chi connectivity index (χ0n) is 13.5. The fourth-order valence-corrected chi connectivity index (χ4v) is 3.30. The Morgan fingerprint density at radius 2 is 1.74 bits per heavy atom. The van der Waals surface area contributed by atoms with Gasteiger partial charge in [0.1, 0.15) is 0 Å². The highest BCUT2D eigenvalue weighted by atomic mass is 19.4. The lowest BCUT2D eigenvalue weighted by Gasteiger charge is -2.36. The summed E-state index contributed by atoms with van der Waals surface area (Å²) >= 11 is 0. The number of hydrogen-bond acceptors (Lipinski definition) is 2. The van der Waals surface area contributed by atoms with Gasteiger partial charge in [0, 0.05) is 18.2 Å². The number of para-hydroxylation sites is 1. The van der Waals surface area contributed by atoms with Gasteiger partial charge in [-0.05, 0) is 45.5 Å². The minimum Gasteiger partial charge on any atom is -0.308 e. The number of anilines is 1. The summed E-state index contributed by atoms with van der Waals surface area (Å²) in [5.74, 6) is -0.452. The number of likely N-dealkylation sites (N-methyl/N-ethyl adjacent to an activating group) is 1. The van der Waals surface area contributed by atoms with Crippen LogP contribution in [-0.2, 0) is 4.79 Å². The van der Waals surface area contributed by atoms with Gasteiger partial charge in [0.25, 0.3) is 0 Å². The first-order chi connectivity index (χ1) is 10.8. The first-order valence-electron chi connectivity index (χ1n) is 7.90. The second kappa shape index (κ2) is 7.34. The fraction of sp³-hybridized carbons (Fsp3) is 0.588. The molecule has 0 heterocycles. The van der Waals surface area contributed by atoms with Gasteiger partial charge in [-0.3, -0.25) is 4.79 Å². The van der Waals surface area contributed by atoms with Crippen molar-refractivity contribution < 1.29 is 18.0 Å². The maximum atomic E-state index is 12.6. The van der Waals surface area contributed by atoms with Crippen LogP contribution in [0.3, 0.4) is 0 Å². The minimum atomic E-state index is -4.31. The molecule has 23 heavy (non-hydrogen) atoms. The maximum Gasteiger partial charge on any atom is 0.389 e. The summed E-state index contributed by atoms with van der Waals surface area (Å²) in [6, 6.07) is 9.11. The first-order valence-corrected chi connectivity index (χ1v) is 7.90. The van der Waals surface area contributed by atoms with E-state index in [0.717, 1.165) is 19.3 Å². The summed E-state index contributed by atoms with van der Waals surface area (Å²) in [6.07, 6.45) is -3.15. The molecular weight excluding hydrogens is 305 g/mol. The number of rotatable bonds is 5. The Morgan fingerprint density at radius 3 is 2.30 bits per heavy atom. The number of amides is 1. The second-order valence-corrected chi connectivity index (χ2v) is 6.24. The van der Waals surface area contributed by atoms with Crippen molar-refractivity contribution >= 4 is 11.6 Å². The van der Waals surface area contributed by atoms with Gasteiger partial charge in [0.05, 0.1) is 12.5 Å². The van der Waals surface area contributed by atoms with Gasteiger partial charge in [-0.25, -0.2) is 0 Å². The summed E-state index contributed by atoms with van der Waals surface area (Å²) in [6.45, 7) is 0. The number of carbonyl (C=O) groups is 1. The molecule has 1 aliphatic carbocycles.